The highest BCUT2D eigenvalue weighted by molar-refractivity contribution is 9.10. The number of nitrogens with one attached hydrogen (secondary N) is 1. The molecule has 2 N–H and O–H groups in total. The molecule has 2 rings (SSSR count). The van der Waals surface area contributed by atoms with Crippen molar-refractivity contribution in [2.24, 2.45) is 5.41 Å². The molecule has 1 aromatic carbocycles. The number of nitrogens with zero attached hydrogens (tertiary/aromatic N) is 1. The van der Waals surface area contributed by atoms with Crippen molar-refractivity contribution in [2.75, 3.05) is 26.2 Å². The minimum Gasteiger partial charge on any atom is -0.508 e. The minimum absolute atomic E-state index is 0. The molecule has 122 valence electrons. The molecule has 21 heavy (non-hydrogen) atoms. The van der Waals surface area contributed by atoms with Crippen LogP contribution < -0.4 is 5.32 Å². The van der Waals surface area contributed by atoms with Crippen LogP contribution in [0.2, 0.25) is 0 Å². The highest BCUT2D eigenvalue weighted by Crippen LogP contribution is 2.42. The lowest BCUT2D eigenvalue weighted by Gasteiger charge is -2.42. The van der Waals surface area contributed by atoms with Gasteiger partial charge in [0, 0.05) is 42.3 Å². The highest BCUT2D eigenvalue weighted by atomic mass is 79.9. The first-order valence-electron chi connectivity index (χ1n) is 6.83. The average Bonchev–Trinajstić information content (AvgIpc) is 2.32. The predicted octanol–water partition coefficient (Wildman–Crippen LogP) is 3.99. The zero-order valence-electron chi connectivity index (χ0n) is 12.7. The Hall–Kier alpha value is -0.000000000000000111. The molecule has 1 heterocycles. The number of benzene rings is 1. The van der Waals surface area contributed by atoms with Crippen LogP contribution >= 0.6 is 40.7 Å². The number of halogens is 3. The Morgan fingerprint density at radius 1 is 1.19 bits per heavy atom. The van der Waals surface area contributed by atoms with Crippen LogP contribution in [0, 0.1) is 5.41 Å². The first-order valence-corrected chi connectivity index (χ1v) is 7.62. The molecule has 0 saturated carbocycles. The van der Waals surface area contributed by atoms with Gasteiger partial charge in [0.2, 0.25) is 0 Å². The van der Waals surface area contributed by atoms with Crippen LogP contribution in [0.1, 0.15) is 32.4 Å². The molecule has 0 radical (unpaired) electrons. The van der Waals surface area contributed by atoms with E-state index in [1.807, 2.05) is 12.1 Å². The number of phenols is 1. The van der Waals surface area contributed by atoms with Crippen molar-refractivity contribution >= 4 is 40.7 Å². The lowest BCUT2D eigenvalue weighted by molar-refractivity contribution is 0.0842. The molecule has 3 nitrogen and oxygen atoms in total. The topological polar surface area (TPSA) is 35.5 Å². The van der Waals surface area contributed by atoms with Gasteiger partial charge in [0.15, 0.2) is 0 Å². The monoisotopic (exact) mass is 398 g/mol. The smallest absolute Gasteiger partial charge is 0.121 e. The van der Waals surface area contributed by atoms with Crippen LogP contribution in [0.4, 0.5) is 0 Å². The number of phenolic OH excluding ortho intramolecular Hbond substituents is 1. The fourth-order valence-corrected chi connectivity index (χ4v) is 3.25. The molecule has 0 aliphatic carbocycles. The SMILES string of the molecule is CC(C)(C)[C@@H](c1ccc(Br)cc1O)N1CCNCC1.Cl.Cl. The first kappa shape index (κ1) is 21.0. The largest absolute Gasteiger partial charge is 0.508 e. The number of hydrogen-bond donors (Lipinski definition) is 2. The van der Waals surface area contributed by atoms with Gasteiger partial charge in [-0.2, -0.15) is 0 Å². The molecule has 1 aromatic rings. The van der Waals surface area contributed by atoms with E-state index in [-0.39, 0.29) is 36.3 Å². The average molecular weight is 400 g/mol. The van der Waals surface area contributed by atoms with Crippen molar-refractivity contribution < 1.29 is 5.11 Å². The minimum atomic E-state index is 0. The predicted molar refractivity (Wildman–Crippen MR) is 96.9 cm³/mol. The van der Waals surface area contributed by atoms with Crippen LogP contribution in [-0.2, 0) is 0 Å². The Morgan fingerprint density at radius 2 is 1.76 bits per heavy atom. The summed E-state index contributed by atoms with van der Waals surface area (Å²) in [5.41, 5.74) is 1.11. The normalized spacial score (nSPS) is 17.5. The molecule has 1 aliphatic heterocycles. The summed E-state index contributed by atoms with van der Waals surface area (Å²) in [6.45, 7) is 10.8. The molecule has 1 atom stereocenters. The molecular formula is C15H25BrCl2N2O. The third-order valence-corrected chi connectivity index (χ3v) is 4.12. The molecule has 0 amide bonds. The van der Waals surface area contributed by atoms with Gasteiger partial charge in [-0.05, 0) is 17.5 Å². The Balaban J connectivity index is 0.00000200. The molecule has 1 fully saturated rings. The maximum absolute atomic E-state index is 10.3. The summed E-state index contributed by atoms with van der Waals surface area (Å²) in [6, 6.07) is 6.08. The van der Waals surface area contributed by atoms with Crippen molar-refractivity contribution in [2.45, 2.75) is 26.8 Å². The maximum Gasteiger partial charge on any atom is 0.121 e. The van der Waals surface area contributed by atoms with Crippen LogP contribution in [0.25, 0.3) is 0 Å². The van der Waals surface area contributed by atoms with E-state index in [9.17, 15) is 5.11 Å². The summed E-state index contributed by atoms with van der Waals surface area (Å²) in [5, 5.41) is 13.7. The van der Waals surface area contributed by atoms with E-state index in [4.69, 9.17) is 0 Å². The lowest BCUT2D eigenvalue weighted by atomic mass is 9.80. The van der Waals surface area contributed by atoms with E-state index in [0.717, 1.165) is 36.2 Å². The van der Waals surface area contributed by atoms with Crippen molar-refractivity contribution in [1.82, 2.24) is 10.2 Å². The van der Waals surface area contributed by atoms with E-state index in [0.29, 0.717) is 5.75 Å². The second-order valence-electron chi connectivity index (χ2n) is 6.26. The molecule has 0 spiro atoms. The Kier molecular flexibility index (Phi) is 8.59. The quantitative estimate of drug-likeness (QED) is 0.788. The Labute approximate surface area is 148 Å². The highest BCUT2D eigenvalue weighted by Gasteiger charge is 2.34. The van der Waals surface area contributed by atoms with Crippen molar-refractivity contribution in [3.63, 3.8) is 0 Å². The van der Waals surface area contributed by atoms with E-state index in [1.165, 1.54) is 0 Å². The standard InChI is InChI=1S/C15H23BrN2O.2ClH/c1-15(2,3)14(18-8-6-17-7-9-18)12-5-4-11(16)10-13(12)19;;/h4-5,10,14,17,19H,6-9H2,1-3H3;2*1H/t14-;;/m1../s1. The van der Waals surface area contributed by atoms with E-state index < -0.39 is 0 Å². The Bertz CT molecular complexity index is 446. The number of rotatable bonds is 2. The third kappa shape index (κ3) is 5.29. The van der Waals surface area contributed by atoms with Gasteiger partial charge in [0.05, 0.1) is 0 Å². The van der Waals surface area contributed by atoms with Crippen LogP contribution in [0.5, 0.6) is 5.75 Å². The van der Waals surface area contributed by atoms with Gasteiger partial charge < -0.3 is 10.4 Å². The van der Waals surface area contributed by atoms with Crippen LogP contribution in [-0.4, -0.2) is 36.2 Å². The summed E-state index contributed by atoms with van der Waals surface area (Å²) < 4.78 is 0.918. The van der Waals surface area contributed by atoms with E-state index in [2.05, 4.69) is 46.9 Å². The summed E-state index contributed by atoms with van der Waals surface area (Å²) in [6.07, 6.45) is 0. The van der Waals surface area contributed by atoms with Crippen molar-refractivity contribution in [1.29, 1.82) is 0 Å². The van der Waals surface area contributed by atoms with Crippen LogP contribution in [0.3, 0.4) is 0 Å². The van der Waals surface area contributed by atoms with Gasteiger partial charge in [-0.1, -0.05) is 42.8 Å². The van der Waals surface area contributed by atoms with Crippen LogP contribution in [0.15, 0.2) is 22.7 Å². The third-order valence-electron chi connectivity index (χ3n) is 3.62. The fourth-order valence-electron chi connectivity index (χ4n) is 2.90. The molecule has 0 bridgehead atoms. The zero-order chi connectivity index (χ0) is 14.0. The maximum atomic E-state index is 10.3. The van der Waals surface area contributed by atoms with Gasteiger partial charge in [0.25, 0.3) is 0 Å². The molecule has 1 saturated heterocycles. The fraction of sp³-hybridized carbons (Fsp3) is 0.600. The van der Waals surface area contributed by atoms with Gasteiger partial charge in [-0.3, -0.25) is 4.90 Å². The van der Waals surface area contributed by atoms with Gasteiger partial charge >= 0.3 is 0 Å². The lowest BCUT2D eigenvalue weighted by Crippen LogP contribution is -2.48. The molecular weight excluding hydrogens is 375 g/mol. The number of piperazine rings is 1. The van der Waals surface area contributed by atoms with E-state index in [1.54, 1.807) is 6.07 Å². The summed E-state index contributed by atoms with van der Waals surface area (Å²) >= 11 is 3.41. The van der Waals surface area contributed by atoms with E-state index >= 15 is 0 Å². The second kappa shape index (κ2) is 8.59. The van der Waals surface area contributed by atoms with Gasteiger partial charge in [0.1, 0.15) is 5.75 Å². The zero-order valence-corrected chi connectivity index (χ0v) is 15.9. The summed E-state index contributed by atoms with van der Waals surface area (Å²) in [4.78, 5) is 2.47. The molecule has 0 aromatic heterocycles. The van der Waals surface area contributed by atoms with Gasteiger partial charge in [-0.25, -0.2) is 0 Å². The first-order chi connectivity index (χ1) is 8.89. The molecule has 0 unspecified atom stereocenters. The Morgan fingerprint density at radius 3 is 2.24 bits per heavy atom. The van der Waals surface area contributed by atoms with Crippen molar-refractivity contribution in [3.8, 4) is 5.75 Å². The van der Waals surface area contributed by atoms with Gasteiger partial charge in [-0.15, -0.1) is 24.8 Å². The second-order valence-corrected chi connectivity index (χ2v) is 7.17. The molecule has 6 heteroatoms. The number of hydrogen-bond acceptors (Lipinski definition) is 3. The summed E-state index contributed by atoms with van der Waals surface area (Å²) in [5.74, 6) is 0.382. The molecule has 1 aliphatic rings. The van der Waals surface area contributed by atoms with Crippen molar-refractivity contribution in [3.05, 3.63) is 28.2 Å². The summed E-state index contributed by atoms with van der Waals surface area (Å²) in [7, 11) is 0. The number of aromatic hydroxyl groups is 1.